The van der Waals surface area contributed by atoms with Crippen molar-refractivity contribution in [2.45, 2.75) is 70.5 Å². The Labute approximate surface area is 276 Å². The number of hydrogen-bond donors (Lipinski definition) is 1. The van der Waals surface area contributed by atoms with Crippen LogP contribution in [0.25, 0.3) is 0 Å². The zero-order chi connectivity index (χ0) is 32.4. The summed E-state index contributed by atoms with van der Waals surface area (Å²) in [6, 6.07) is 20.7. The summed E-state index contributed by atoms with van der Waals surface area (Å²) in [5.74, 6) is 0.113. The molecule has 242 valence electrons. The Morgan fingerprint density at radius 3 is 2.20 bits per heavy atom. The monoisotopic (exact) mass is 673 g/mol. The van der Waals surface area contributed by atoms with E-state index in [0.29, 0.717) is 40.1 Å². The van der Waals surface area contributed by atoms with Gasteiger partial charge >= 0.3 is 0 Å². The largest absolute Gasteiger partial charge is 0.494 e. The highest BCUT2D eigenvalue weighted by Gasteiger charge is 2.33. The molecule has 0 heterocycles. The van der Waals surface area contributed by atoms with Crippen molar-refractivity contribution in [3.8, 4) is 5.75 Å². The predicted octanol–water partition coefficient (Wildman–Crippen LogP) is 6.64. The van der Waals surface area contributed by atoms with Crippen LogP contribution in [-0.2, 0) is 32.6 Å². The molecule has 1 fully saturated rings. The average Bonchev–Trinajstić information content (AvgIpc) is 3.52. The summed E-state index contributed by atoms with van der Waals surface area (Å²) in [5, 5.41) is 3.98. The summed E-state index contributed by atoms with van der Waals surface area (Å²) in [7, 11) is -3.64. The highest BCUT2D eigenvalue weighted by Crippen LogP contribution is 2.29. The number of hydrogen-bond acceptors (Lipinski definition) is 5. The Bertz CT molecular complexity index is 1510. The van der Waals surface area contributed by atoms with Crippen LogP contribution in [0.4, 0.5) is 5.69 Å². The number of nitrogens with zero attached hydrogens (tertiary/aromatic N) is 2. The summed E-state index contributed by atoms with van der Waals surface area (Å²) in [6.07, 6.45) is 5.59. The Morgan fingerprint density at radius 1 is 0.956 bits per heavy atom. The minimum atomic E-state index is -3.64. The fourth-order valence-electron chi connectivity index (χ4n) is 5.65. The smallest absolute Gasteiger partial charge is 0.243 e. The van der Waals surface area contributed by atoms with Crippen molar-refractivity contribution in [2.75, 3.05) is 23.7 Å². The maximum absolute atomic E-state index is 14.1. The van der Waals surface area contributed by atoms with Crippen LogP contribution in [0.2, 0.25) is 10.0 Å². The second-order valence-electron chi connectivity index (χ2n) is 11.3. The van der Waals surface area contributed by atoms with E-state index in [0.717, 1.165) is 37.5 Å². The van der Waals surface area contributed by atoms with Gasteiger partial charge in [-0.1, -0.05) is 72.4 Å². The molecule has 0 aliphatic heterocycles. The van der Waals surface area contributed by atoms with Gasteiger partial charge in [0.1, 0.15) is 11.8 Å². The van der Waals surface area contributed by atoms with Crippen LogP contribution in [0, 0.1) is 0 Å². The van der Waals surface area contributed by atoms with Crippen molar-refractivity contribution in [3.63, 3.8) is 0 Å². The quantitative estimate of drug-likeness (QED) is 0.195. The van der Waals surface area contributed by atoms with Gasteiger partial charge in [-0.25, -0.2) is 8.42 Å². The van der Waals surface area contributed by atoms with Gasteiger partial charge in [0.05, 0.1) is 18.6 Å². The van der Waals surface area contributed by atoms with Crippen LogP contribution in [0.15, 0.2) is 72.8 Å². The third kappa shape index (κ3) is 9.86. The molecule has 1 aliphatic carbocycles. The zero-order valence-corrected chi connectivity index (χ0v) is 28.1. The molecule has 45 heavy (non-hydrogen) atoms. The normalized spacial score (nSPS) is 14.1. The number of sulfonamides is 1. The molecule has 0 aromatic heterocycles. The van der Waals surface area contributed by atoms with E-state index in [9.17, 15) is 18.0 Å². The van der Waals surface area contributed by atoms with Gasteiger partial charge in [-0.2, -0.15) is 0 Å². The second-order valence-corrected chi connectivity index (χ2v) is 14.0. The van der Waals surface area contributed by atoms with E-state index in [1.807, 2.05) is 37.3 Å². The van der Waals surface area contributed by atoms with Crippen LogP contribution in [-0.4, -0.2) is 56.6 Å². The maximum Gasteiger partial charge on any atom is 0.243 e. The molecule has 0 unspecified atom stereocenters. The topological polar surface area (TPSA) is 96.0 Å². The van der Waals surface area contributed by atoms with Gasteiger partial charge < -0.3 is 15.0 Å². The Morgan fingerprint density at radius 2 is 1.60 bits per heavy atom. The van der Waals surface area contributed by atoms with Crippen molar-refractivity contribution in [3.05, 3.63) is 94.0 Å². The molecule has 3 aromatic carbocycles. The Hall–Kier alpha value is -3.27. The number of carbonyl (C=O) groups excluding carboxylic acids is 2. The van der Waals surface area contributed by atoms with Gasteiger partial charge in [-0.15, -0.1) is 0 Å². The standard InChI is InChI=1S/C34H41Cl2N3O5S/c1-3-44-28-20-18-27(19-21-28)39(45(2,42)43)22-10-17-33(40)38(24-29-30(35)15-9-16-31(29)36)32(23-25-11-5-4-6-12-25)34(41)37-26-13-7-8-14-26/h4-6,9,11-12,15-16,18-21,26,32H,3,7-8,10,13-14,17,22-24H2,1-2H3,(H,37,41)/t32-/m1/s1. The molecule has 1 atom stereocenters. The van der Waals surface area contributed by atoms with Crippen molar-refractivity contribution < 1.29 is 22.7 Å². The van der Waals surface area contributed by atoms with Crippen molar-refractivity contribution in [1.82, 2.24) is 10.2 Å². The van der Waals surface area contributed by atoms with Crippen molar-refractivity contribution >= 4 is 50.7 Å². The van der Waals surface area contributed by atoms with E-state index in [-0.39, 0.29) is 43.8 Å². The number of halogens is 2. The number of carbonyl (C=O) groups is 2. The van der Waals surface area contributed by atoms with Gasteiger partial charge in [-0.05, 0) is 68.1 Å². The third-order valence-electron chi connectivity index (χ3n) is 7.95. The lowest BCUT2D eigenvalue weighted by Crippen LogP contribution is -2.52. The first-order valence-electron chi connectivity index (χ1n) is 15.3. The molecule has 0 spiro atoms. The Kier molecular flexibility index (Phi) is 12.6. The van der Waals surface area contributed by atoms with E-state index >= 15 is 0 Å². The number of nitrogens with one attached hydrogen (secondary N) is 1. The molecule has 4 rings (SSSR count). The predicted molar refractivity (Wildman–Crippen MR) is 180 cm³/mol. The fourth-order valence-corrected chi connectivity index (χ4v) is 7.14. The summed E-state index contributed by atoms with van der Waals surface area (Å²) in [4.78, 5) is 29.6. The number of amides is 2. The molecule has 0 saturated heterocycles. The molecule has 0 radical (unpaired) electrons. The molecule has 8 nitrogen and oxygen atoms in total. The van der Waals surface area contributed by atoms with Crippen LogP contribution in [0.3, 0.4) is 0 Å². The first-order chi connectivity index (χ1) is 21.6. The van der Waals surface area contributed by atoms with Gasteiger partial charge in [0.15, 0.2) is 0 Å². The maximum atomic E-state index is 14.1. The summed E-state index contributed by atoms with van der Waals surface area (Å²) in [6.45, 7) is 2.48. The highest BCUT2D eigenvalue weighted by atomic mass is 35.5. The molecule has 1 saturated carbocycles. The third-order valence-corrected chi connectivity index (χ3v) is 9.85. The molecule has 0 bridgehead atoms. The van der Waals surface area contributed by atoms with Gasteiger partial charge in [0.2, 0.25) is 21.8 Å². The van der Waals surface area contributed by atoms with E-state index in [4.69, 9.17) is 27.9 Å². The summed E-state index contributed by atoms with van der Waals surface area (Å²) < 4.78 is 32.3. The molecule has 1 aliphatic rings. The highest BCUT2D eigenvalue weighted by molar-refractivity contribution is 7.92. The lowest BCUT2D eigenvalue weighted by atomic mass is 10.0. The Balaban J connectivity index is 1.60. The van der Waals surface area contributed by atoms with Crippen LogP contribution in [0.5, 0.6) is 5.75 Å². The molecule has 2 amide bonds. The van der Waals surface area contributed by atoms with Crippen molar-refractivity contribution in [2.24, 2.45) is 0 Å². The lowest BCUT2D eigenvalue weighted by Gasteiger charge is -2.33. The van der Waals surface area contributed by atoms with Gasteiger partial charge in [0, 0.05) is 47.6 Å². The number of rotatable bonds is 15. The molecule has 3 aromatic rings. The first kappa shape index (κ1) is 34.6. The van der Waals surface area contributed by atoms with E-state index in [2.05, 4.69) is 5.32 Å². The molecule has 11 heteroatoms. The number of ether oxygens (including phenoxy) is 1. The lowest BCUT2D eigenvalue weighted by molar-refractivity contribution is -0.141. The minimum absolute atomic E-state index is 0.00706. The molecular formula is C34H41Cl2N3O5S. The summed E-state index contributed by atoms with van der Waals surface area (Å²) >= 11 is 13.1. The zero-order valence-electron chi connectivity index (χ0n) is 25.8. The minimum Gasteiger partial charge on any atom is -0.494 e. The SMILES string of the molecule is CCOc1ccc(N(CCCC(=O)N(Cc2c(Cl)cccc2Cl)[C@H](Cc2ccccc2)C(=O)NC2CCCC2)S(C)(=O)=O)cc1. The van der Waals surface area contributed by atoms with Gasteiger partial charge in [0.25, 0.3) is 0 Å². The van der Waals surface area contributed by atoms with Crippen LogP contribution < -0.4 is 14.4 Å². The number of benzene rings is 3. The fraction of sp³-hybridized carbons (Fsp3) is 0.412. The van der Waals surface area contributed by atoms with E-state index in [1.165, 1.54) is 4.31 Å². The van der Waals surface area contributed by atoms with Crippen LogP contribution >= 0.6 is 23.2 Å². The average molecular weight is 675 g/mol. The van der Waals surface area contributed by atoms with Gasteiger partial charge in [-0.3, -0.25) is 13.9 Å². The first-order valence-corrected chi connectivity index (χ1v) is 17.9. The summed E-state index contributed by atoms with van der Waals surface area (Å²) in [5.41, 5.74) is 1.94. The molecule has 1 N–H and O–H groups in total. The second kappa shape index (κ2) is 16.3. The molecular weight excluding hydrogens is 633 g/mol. The van der Waals surface area contributed by atoms with Crippen molar-refractivity contribution in [1.29, 1.82) is 0 Å². The van der Waals surface area contributed by atoms with E-state index in [1.54, 1.807) is 47.4 Å². The van der Waals surface area contributed by atoms with E-state index < -0.39 is 16.1 Å². The number of anilines is 1. The van der Waals surface area contributed by atoms with Crippen LogP contribution in [0.1, 0.15) is 56.6 Å².